The van der Waals surface area contributed by atoms with Gasteiger partial charge in [-0.05, 0) is 23.8 Å². The number of ether oxygens (including phenoxy) is 1. The molecule has 0 N–H and O–H groups in total. The Labute approximate surface area is 172 Å². The fourth-order valence-corrected chi connectivity index (χ4v) is 3.90. The zero-order valence-corrected chi connectivity index (χ0v) is 15.8. The fourth-order valence-electron chi connectivity index (χ4n) is 3.90. The smallest absolute Gasteiger partial charge is 0.269 e. The van der Waals surface area contributed by atoms with Gasteiger partial charge >= 0.3 is 0 Å². The normalized spacial score (nSPS) is 19.3. The Morgan fingerprint density at radius 1 is 1.00 bits per heavy atom. The largest absolute Gasteiger partial charge is 0.461 e. The van der Waals surface area contributed by atoms with Crippen molar-refractivity contribution in [3.05, 3.63) is 106 Å². The predicted octanol–water partition coefficient (Wildman–Crippen LogP) is 4.35. The number of carbonyl (C=O) groups is 1. The monoisotopic (exact) mass is 399 g/mol. The van der Waals surface area contributed by atoms with Crippen LogP contribution in [0, 0.1) is 10.1 Å². The molecule has 5 rings (SSSR count). The van der Waals surface area contributed by atoms with Gasteiger partial charge in [-0.25, -0.2) is 5.01 Å². The van der Waals surface area contributed by atoms with Crippen molar-refractivity contribution in [3.63, 3.8) is 0 Å². The van der Waals surface area contributed by atoms with Crippen LogP contribution in [0.1, 0.15) is 33.9 Å². The number of non-ortho nitro benzene ring substituents is 1. The molecule has 0 bridgehead atoms. The first-order chi connectivity index (χ1) is 14.6. The third-order valence-corrected chi connectivity index (χ3v) is 5.39. The van der Waals surface area contributed by atoms with Crippen LogP contribution in [0.2, 0.25) is 0 Å². The second-order valence-electron chi connectivity index (χ2n) is 7.19. The number of hydrogen-bond acceptors (Lipinski definition) is 6. The Hall–Kier alpha value is -4.00. The van der Waals surface area contributed by atoms with Gasteiger partial charge in [0.15, 0.2) is 0 Å². The predicted molar refractivity (Wildman–Crippen MR) is 110 cm³/mol. The quantitative estimate of drug-likeness (QED) is 0.370. The van der Waals surface area contributed by atoms with Crippen LogP contribution in [-0.2, 0) is 0 Å². The van der Waals surface area contributed by atoms with E-state index >= 15 is 0 Å². The summed E-state index contributed by atoms with van der Waals surface area (Å²) in [4.78, 5) is 23.7. The van der Waals surface area contributed by atoms with Crippen LogP contribution in [0.25, 0.3) is 0 Å². The van der Waals surface area contributed by atoms with E-state index in [4.69, 9.17) is 9.84 Å². The van der Waals surface area contributed by atoms with Crippen molar-refractivity contribution < 1.29 is 14.5 Å². The van der Waals surface area contributed by atoms with Crippen molar-refractivity contribution in [3.8, 4) is 5.75 Å². The maximum Gasteiger partial charge on any atom is 0.269 e. The molecular weight excluding hydrogens is 382 g/mol. The third kappa shape index (κ3) is 3.00. The van der Waals surface area contributed by atoms with Gasteiger partial charge < -0.3 is 4.74 Å². The van der Waals surface area contributed by atoms with Crippen molar-refractivity contribution >= 4 is 17.2 Å². The molecule has 0 fully saturated rings. The summed E-state index contributed by atoms with van der Waals surface area (Å²) in [6.45, 7) is 0. The van der Waals surface area contributed by atoms with Crippen LogP contribution in [0.15, 0.2) is 84.0 Å². The number of carbonyl (C=O) groups excluding carboxylic acids is 1. The summed E-state index contributed by atoms with van der Waals surface area (Å²) < 4.78 is 6.06. The molecule has 2 aliphatic heterocycles. The summed E-state index contributed by atoms with van der Waals surface area (Å²) in [5, 5.41) is 17.4. The number of fused-ring (bicyclic) bond motifs is 3. The first-order valence-electron chi connectivity index (χ1n) is 9.57. The van der Waals surface area contributed by atoms with E-state index in [2.05, 4.69) is 0 Å². The van der Waals surface area contributed by atoms with Gasteiger partial charge in [-0.1, -0.05) is 48.5 Å². The molecule has 3 aromatic carbocycles. The lowest BCUT2D eigenvalue weighted by atomic mass is 9.96. The first kappa shape index (κ1) is 18.1. The maximum atomic E-state index is 13.3. The van der Waals surface area contributed by atoms with E-state index in [9.17, 15) is 14.9 Å². The lowest BCUT2D eigenvalue weighted by Gasteiger charge is -2.37. The number of Topliss-reactive ketones (excluding diaryl/α,β-unsaturated/α-hetero) is 1. The van der Waals surface area contributed by atoms with Crippen molar-refractivity contribution in [2.45, 2.75) is 18.7 Å². The molecule has 3 aromatic rings. The number of hydrazone groups is 1. The molecule has 2 heterocycles. The number of nitro benzene ring substituents is 1. The standard InChI is InChI=1S/C23H17N3O4/c27-22(16-10-12-17(13-11-16)26(28)29)23-25-20(18-8-4-5-9-21(18)30-23)14-19(24-25)15-6-2-1-3-7-15/h1-13,20,23H,14H2/t20-,23-/m1/s1. The van der Waals surface area contributed by atoms with Gasteiger partial charge in [0.05, 0.1) is 16.7 Å². The molecule has 0 unspecified atom stereocenters. The molecule has 0 saturated carbocycles. The van der Waals surface area contributed by atoms with Crippen LogP contribution >= 0.6 is 0 Å². The molecule has 30 heavy (non-hydrogen) atoms. The molecule has 7 heteroatoms. The number of hydrogen-bond donors (Lipinski definition) is 0. The van der Waals surface area contributed by atoms with E-state index in [1.165, 1.54) is 24.3 Å². The van der Waals surface area contributed by atoms with Crippen molar-refractivity contribution in [1.29, 1.82) is 0 Å². The fraction of sp³-hybridized carbons (Fsp3) is 0.130. The highest BCUT2D eigenvalue weighted by Gasteiger charge is 2.43. The van der Waals surface area contributed by atoms with E-state index in [1.807, 2.05) is 54.6 Å². The van der Waals surface area contributed by atoms with Crippen molar-refractivity contribution in [1.82, 2.24) is 5.01 Å². The zero-order chi connectivity index (χ0) is 20.7. The molecule has 2 aliphatic rings. The second kappa shape index (κ2) is 7.11. The number of nitrogens with zero attached hydrogens (tertiary/aromatic N) is 3. The zero-order valence-electron chi connectivity index (χ0n) is 15.8. The molecular formula is C23H17N3O4. The molecule has 0 radical (unpaired) electrons. The SMILES string of the molecule is O=C(c1ccc([N+](=O)[O-])cc1)[C@H]1Oc2ccccc2[C@H]2CC(c3ccccc3)=NN12. The molecule has 0 amide bonds. The Bertz CT molecular complexity index is 1160. The lowest BCUT2D eigenvalue weighted by molar-refractivity contribution is -0.384. The van der Waals surface area contributed by atoms with Gasteiger partial charge in [-0.15, -0.1) is 0 Å². The summed E-state index contributed by atoms with van der Waals surface area (Å²) in [5.41, 5.74) is 3.16. The summed E-state index contributed by atoms with van der Waals surface area (Å²) in [6, 6.07) is 23.0. The minimum absolute atomic E-state index is 0.0649. The topological polar surface area (TPSA) is 85.0 Å². The van der Waals surface area contributed by atoms with Crippen LogP contribution in [0.5, 0.6) is 5.75 Å². The van der Waals surface area contributed by atoms with Crippen molar-refractivity contribution in [2.24, 2.45) is 5.10 Å². The summed E-state index contributed by atoms with van der Waals surface area (Å²) in [5.74, 6) is 0.367. The lowest BCUT2D eigenvalue weighted by Crippen LogP contribution is -2.45. The average Bonchev–Trinajstić information content (AvgIpc) is 3.24. The molecule has 0 aliphatic carbocycles. The van der Waals surface area contributed by atoms with Gasteiger partial charge in [0.1, 0.15) is 5.75 Å². The van der Waals surface area contributed by atoms with Crippen LogP contribution in [-0.4, -0.2) is 27.7 Å². The van der Waals surface area contributed by atoms with Crippen LogP contribution < -0.4 is 4.74 Å². The number of benzene rings is 3. The van der Waals surface area contributed by atoms with Crippen LogP contribution in [0.4, 0.5) is 5.69 Å². The third-order valence-electron chi connectivity index (χ3n) is 5.39. The highest BCUT2D eigenvalue weighted by molar-refractivity contribution is 6.03. The summed E-state index contributed by atoms with van der Waals surface area (Å²) >= 11 is 0. The van der Waals surface area contributed by atoms with Gasteiger partial charge in [-0.3, -0.25) is 14.9 Å². The Morgan fingerprint density at radius 3 is 2.43 bits per heavy atom. The number of para-hydroxylation sites is 1. The molecule has 148 valence electrons. The minimum atomic E-state index is -0.937. The van der Waals surface area contributed by atoms with E-state index in [0.717, 1.165) is 16.8 Å². The molecule has 7 nitrogen and oxygen atoms in total. The van der Waals surface area contributed by atoms with Gasteiger partial charge in [0.2, 0.25) is 5.78 Å². The second-order valence-corrected chi connectivity index (χ2v) is 7.19. The Kier molecular flexibility index (Phi) is 4.28. The molecule has 0 aromatic heterocycles. The average molecular weight is 399 g/mol. The Morgan fingerprint density at radius 2 is 1.70 bits per heavy atom. The van der Waals surface area contributed by atoms with E-state index < -0.39 is 11.2 Å². The van der Waals surface area contributed by atoms with Crippen LogP contribution in [0.3, 0.4) is 0 Å². The number of ketones is 1. The summed E-state index contributed by atoms with van der Waals surface area (Å²) in [6.07, 6.45) is -0.276. The van der Waals surface area contributed by atoms with E-state index in [-0.39, 0.29) is 17.5 Å². The maximum absolute atomic E-state index is 13.3. The molecule has 2 atom stereocenters. The van der Waals surface area contributed by atoms with Gasteiger partial charge in [0, 0.05) is 29.7 Å². The number of nitro groups is 1. The first-order valence-corrected chi connectivity index (χ1v) is 9.57. The Balaban J connectivity index is 1.53. The molecule has 0 saturated heterocycles. The number of rotatable bonds is 4. The highest BCUT2D eigenvalue weighted by Crippen LogP contribution is 2.43. The summed E-state index contributed by atoms with van der Waals surface area (Å²) in [7, 11) is 0. The van der Waals surface area contributed by atoms with Crippen molar-refractivity contribution in [2.75, 3.05) is 0 Å². The highest BCUT2D eigenvalue weighted by atomic mass is 16.6. The minimum Gasteiger partial charge on any atom is -0.461 e. The van der Waals surface area contributed by atoms with E-state index in [1.54, 1.807) is 5.01 Å². The van der Waals surface area contributed by atoms with E-state index in [0.29, 0.717) is 17.7 Å². The van der Waals surface area contributed by atoms with Gasteiger partial charge in [-0.2, -0.15) is 5.10 Å². The van der Waals surface area contributed by atoms with Gasteiger partial charge in [0.25, 0.3) is 11.9 Å². The molecule has 0 spiro atoms.